The quantitative estimate of drug-likeness (QED) is 0.795. The second-order valence-electron chi connectivity index (χ2n) is 3.20. The predicted molar refractivity (Wildman–Crippen MR) is 56.0 cm³/mol. The normalized spacial score (nSPS) is 10.6. The number of rotatable bonds is 2. The van der Waals surface area contributed by atoms with Gasteiger partial charge in [0.25, 0.3) is 0 Å². The number of benzene rings is 1. The van der Waals surface area contributed by atoms with Crippen LogP contribution in [0.5, 0.6) is 0 Å². The molecule has 0 aliphatic carbocycles. The number of alkyl halides is 3. The van der Waals surface area contributed by atoms with Gasteiger partial charge >= 0.3 is 18.1 Å². The van der Waals surface area contributed by atoms with Crippen molar-refractivity contribution in [1.29, 1.82) is 0 Å². The molecule has 1 aromatic rings. The number of amides is 1. The van der Waals surface area contributed by atoms with E-state index in [0.717, 1.165) is 18.2 Å². The lowest BCUT2D eigenvalue weighted by molar-refractivity contribution is -0.167. The van der Waals surface area contributed by atoms with Crippen molar-refractivity contribution in [1.82, 2.24) is 0 Å². The molecule has 1 amide bonds. The van der Waals surface area contributed by atoms with E-state index in [-0.39, 0.29) is 16.8 Å². The van der Waals surface area contributed by atoms with Crippen LogP contribution < -0.4 is 5.32 Å². The molecule has 4 nitrogen and oxygen atoms in total. The summed E-state index contributed by atoms with van der Waals surface area (Å²) in [6.45, 7) is 0. The maximum absolute atomic E-state index is 12.0. The maximum atomic E-state index is 12.0. The molecule has 0 spiro atoms. The highest BCUT2D eigenvalue weighted by Crippen LogP contribution is 2.20. The molecule has 0 aromatic heterocycles. The number of carbonyl (C=O) groups is 2. The van der Waals surface area contributed by atoms with Crippen molar-refractivity contribution >= 4 is 17.6 Å². The molecule has 0 saturated carbocycles. The van der Waals surface area contributed by atoms with Gasteiger partial charge in [-0.1, -0.05) is 5.92 Å². The van der Waals surface area contributed by atoms with Gasteiger partial charge in [-0.2, -0.15) is 13.2 Å². The minimum absolute atomic E-state index is 0.0485. The summed E-state index contributed by atoms with van der Waals surface area (Å²) in [5.74, 6) is -1.49. The van der Waals surface area contributed by atoms with Crippen molar-refractivity contribution in [3.8, 4) is 12.3 Å². The van der Waals surface area contributed by atoms with Crippen molar-refractivity contribution in [2.24, 2.45) is 0 Å². The molecule has 0 bridgehead atoms. The Morgan fingerprint density at radius 2 is 1.89 bits per heavy atom. The Bertz CT molecular complexity index is 543. The third-order valence-electron chi connectivity index (χ3n) is 1.86. The van der Waals surface area contributed by atoms with Crippen LogP contribution in [0.3, 0.4) is 0 Å². The van der Waals surface area contributed by atoms with E-state index in [1.54, 1.807) is 0 Å². The lowest BCUT2D eigenvalue weighted by Crippen LogP contribution is -2.30. The van der Waals surface area contributed by atoms with Gasteiger partial charge in [0.15, 0.2) is 0 Å². The first-order chi connectivity index (χ1) is 8.24. The Morgan fingerprint density at radius 1 is 1.28 bits per heavy atom. The molecule has 2 N–H and O–H groups in total. The number of aromatic carboxylic acids is 1. The molecule has 0 atom stereocenters. The zero-order chi connectivity index (χ0) is 13.9. The maximum Gasteiger partial charge on any atom is 0.471 e. The summed E-state index contributed by atoms with van der Waals surface area (Å²) in [5, 5.41) is 10.2. The first-order valence-electron chi connectivity index (χ1n) is 4.47. The fraction of sp³-hybridized carbons (Fsp3) is 0.0909. The van der Waals surface area contributed by atoms with Gasteiger partial charge in [-0.3, -0.25) is 4.79 Å². The zero-order valence-electron chi connectivity index (χ0n) is 8.71. The van der Waals surface area contributed by atoms with Crippen molar-refractivity contribution < 1.29 is 27.9 Å². The lowest BCUT2D eigenvalue weighted by atomic mass is 10.1. The molecule has 0 aliphatic heterocycles. The molecular weight excluding hydrogens is 251 g/mol. The summed E-state index contributed by atoms with van der Waals surface area (Å²) in [6.07, 6.45) is -0.0335. The summed E-state index contributed by atoms with van der Waals surface area (Å²) in [7, 11) is 0. The number of nitrogens with one attached hydrogen (secondary N) is 1. The molecule has 0 aliphatic rings. The van der Waals surface area contributed by atoms with E-state index in [0.29, 0.717) is 0 Å². The van der Waals surface area contributed by atoms with E-state index in [4.69, 9.17) is 11.5 Å². The van der Waals surface area contributed by atoms with Gasteiger partial charge in [0.2, 0.25) is 0 Å². The second-order valence-corrected chi connectivity index (χ2v) is 3.20. The highest BCUT2D eigenvalue weighted by Gasteiger charge is 2.38. The van der Waals surface area contributed by atoms with E-state index in [1.807, 2.05) is 0 Å². The molecule has 1 aromatic carbocycles. The van der Waals surface area contributed by atoms with E-state index < -0.39 is 18.1 Å². The second kappa shape index (κ2) is 4.79. The predicted octanol–water partition coefficient (Wildman–Crippen LogP) is 1.87. The fourth-order valence-corrected chi connectivity index (χ4v) is 1.11. The van der Waals surface area contributed by atoms with Crippen LogP contribution in [-0.2, 0) is 4.79 Å². The SMILES string of the molecule is C#Cc1cc(NC(=O)C(F)(F)F)cc(C(=O)O)c1. The van der Waals surface area contributed by atoms with Gasteiger partial charge in [0.05, 0.1) is 5.56 Å². The van der Waals surface area contributed by atoms with Crippen LogP contribution in [0, 0.1) is 12.3 Å². The number of hydrogen-bond donors (Lipinski definition) is 2. The highest BCUT2D eigenvalue weighted by molar-refractivity contribution is 5.97. The first kappa shape index (κ1) is 13.6. The van der Waals surface area contributed by atoms with Gasteiger partial charge in [0.1, 0.15) is 0 Å². The molecule has 0 unspecified atom stereocenters. The van der Waals surface area contributed by atoms with Crippen molar-refractivity contribution in [3.63, 3.8) is 0 Å². The monoisotopic (exact) mass is 257 g/mol. The molecule has 94 valence electrons. The summed E-state index contributed by atoms with van der Waals surface area (Å²) < 4.78 is 36.0. The fourth-order valence-electron chi connectivity index (χ4n) is 1.11. The Morgan fingerprint density at radius 3 is 2.33 bits per heavy atom. The minimum atomic E-state index is -5.06. The van der Waals surface area contributed by atoms with Gasteiger partial charge in [-0.25, -0.2) is 4.79 Å². The number of anilines is 1. The molecule has 0 radical (unpaired) electrons. The average Bonchev–Trinajstić information content (AvgIpc) is 2.27. The third-order valence-corrected chi connectivity index (χ3v) is 1.86. The first-order valence-corrected chi connectivity index (χ1v) is 4.47. The molecule has 1 rings (SSSR count). The summed E-state index contributed by atoms with van der Waals surface area (Å²) in [6, 6.07) is 3.05. The van der Waals surface area contributed by atoms with Gasteiger partial charge in [0, 0.05) is 11.3 Å². The van der Waals surface area contributed by atoms with Crippen LogP contribution in [0.1, 0.15) is 15.9 Å². The Balaban J connectivity index is 3.11. The van der Waals surface area contributed by atoms with Crippen molar-refractivity contribution in [2.75, 3.05) is 5.32 Å². The standard InChI is InChI=1S/C11H6F3NO3/c1-2-6-3-7(9(16)17)5-8(4-6)15-10(18)11(12,13)14/h1,3-5H,(H,15,18)(H,16,17). The van der Waals surface area contributed by atoms with E-state index in [1.165, 1.54) is 5.32 Å². The number of carboxylic acid groups (broad SMARTS) is 1. The van der Waals surface area contributed by atoms with Crippen LogP contribution in [0.4, 0.5) is 18.9 Å². The topological polar surface area (TPSA) is 66.4 Å². The van der Waals surface area contributed by atoms with Gasteiger partial charge in [-0.15, -0.1) is 6.42 Å². The van der Waals surface area contributed by atoms with Crippen LogP contribution in [0.2, 0.25) is 0 Å². The number of carboxylic acids is 1. The summed E-state index contributed by atoms with van der Waals surface area (Å²) in [4.78, 5) is 21.4. The van der Waals surface area contributed by atoms with E-state index in [2.05, 4.69) is 5.92 Å². The smallest absolute Gasteiger partial charge is 0.471 e. The van der Waals surface area contributed by atoms with Gasteiger partial charge < -0.3 is 10.4 Å². The molecule has 0 saturated heterocycles. The Kier molecular flexibility index (Phi) is 3.61. The molecule has 18 heavy (non-hydrogen) atoms. The van der Waals surface area contributed by atoms with E-state index >= 15 is 0 Å². The summed E-state index contributed by atoms with van der Waals surface area (Å²) in [5.41, 5.74) is -0.597. The largest absolute Gasteiger partial charge is 0.478 e. The Labute approximate surface area is 99.4 Å². The van der Waals surface area contributed by atoms with Crippen LogP contribution in [0.15, 0.2) is 18.2 Å². The number of carbonyl (C=O) groups excluding carboxylic acids is 1. The zero-order valence-corrected chi connectivity index (χ0v) is 8.71. The van der Waals surface area contributed by atoms with Crippen LogP contribution in [-0.4, -0.2) is 23.2 Å². The molecule has 7 heteroatoms. The highest BCUT2D eigenvalue weighted by atomic mass is 19.4. The van der Waals surface area contributed by atoms with Crippen LogP contribution >= 0.6 is 0 Å². The van der Waals surface area contributed by atoms with Gasteiger partial charge in [-0.05, 0) is 18.2 Å². The average molecular weight is 257 g/mol. The van der Waals surface area contributed by atoms with E-state index in [9.17, 15) is 22.8 Å². The molecular formula is C11H6F3NO3. The summed E-state index contributed by atoms with van der Waals surface area (Å²) >= 11 is 0. The number of halogens is 3. The number of hydrogen-bond acceptors (Lipinski definition) is 2. The van der Waals surface area contributed by atoms with Crippen molar-refractivity contribution in [3.05, 3.63) is 29.3 Å². The Hall–Kier alpha value is -2.49. The molecule has 0 heterocycles. The number of terminal acetylenes is 1. The molecule has 0 fully saturated rings. The minimum Gasteiger partial charge on any atom is -0.478 e. The van der Waals surface area contributed by atoms with Crippen molar-refractivity contribution in [2.45, 2.75) is 6.18 Å². The van der Waals surface area contributed by atoms with Crippen LogP contribution in [0.25, 0.3) is 0 Å². The third kappa shape index (κ3) is 3.25. The lowest BCUT2D eigenvalue weighted by Gasteiger charge is -2.09.